The highest BCUT2D eigenvalue weighted by Crippen LogP contribution is 2.36. The van der Waals surface area contributed by atoms with Crippen molar-refractivity contribution in [3.8, 4) is 17.2 Å². The molecule has 11 nitrogen and oxygen atoms in total. The molecule has 0 bridgehead atoms. The van der Waals surface area contributed by atoms with Crippen LogP contribution in [-0.4, -0.2) is 65.9 Å². The van der Waals surface area contributed by atoms with Gasteiger partial charge in [-0.3, -0.25) is 19.2 Å². The second-order valence-corrected chi connectivity index (χ2v) is 12.3. The average Bonchev–Trinajstić information content (AvgIpc) is 3.75. The Bertz CT molecular complexity index is 2190. The van der Waals surface area contributed by atoms with E-state index in [1.54, 1.807) is 12.1 Å². The first kappa shape index (κ1) is 32.7. The van der Waals surface area contributed by atoms with Gasteiger partial charge in [0.15, 0.2) is 11.5 Å². The lowest BCUT2D eigenvalue weighted by molar-refractivity contribution is 0.101. The van der Waals surface area contributed by atoms with Crippen LogP contribution in [0.4, 0.5) is 15.8 Å². The molecule has 6 aromatic rings. The molecule has 0 unspecified atom stereocenters. The van der Waals surface area contributed by atoms with E-state index in [0.717, 1.165) is 47.7 Å². The van der Waals surface area contributed by atoms with E-state index in [1.807, 2.05) is 47.3 Å². The molecule has 1 fully saturated rings. The van der Waals surface area contributed by atoms with Gasteiger partial charge in [-0.1, -0.05) is 0 Å². The monoisotopic (exact) mass is 676 g/mol. The van der Waals surface area contributed by atoms with Gasteiger partial charge in [-0.05, 0) is 85.0 Å². The number of rotatable bonds is 10. The summed E-state index contributed by atoms with van der Waals surface area (Å²) in [6.07, 6.45) is 5.85. The maximum atomic E-state index is 13.3. The van der Waals surface area contributed by atoms with Gasteiger partial charge in [-0.25, -0.2) is 4.39 Å². The van der Waals surface area contributed by atoms with Crippen LogP contribution in [0.3, 0.4) is 0 Å². The Morgan fingerprint density at radius 2 is 1.52 bits per heavy atom. The highest BCUT2D eigenvalue weighted by Gasteiger charge is 2.24. The van der Waals surface area contributed by atoms with Crippen LogP contribution in [0.5, 0.6) is 17.2 Å². The quantitative estimate of drug-likeness (QED) is 0.143. The second-order valence-electron chi connectivity index (χ2n) is 12.3. The molecule has 0 spiro atoms. The summed E-state index contributed by atoms with van der Waals surface area (Å²) >= 11 is 0. The molecule has 3 N–H and O–H groups in total. The number of amides is 2. The fourth-order valence-corrected chi connectivity index (χ4v) is 6.62. The molecule has 2 amide bonds. The number of hydrogen-bond donors (Lipinski definition) is 3. The van der Waals surface area contributed by atoms with Crippen molar-refractivity contribution in [3.63, 3.8) is 0 Å². The fourth-order valence-electron chi connectivity index (χ4n) is 6.62. The minimum atomic E-state index is -0.379. The van der Waals surface area contributed by atoms with Gasteiger partial charge >= 0.3 is 0 Å². The molecule has 50 heavy (non-hydrogen) atoms. The molecule has 0 atom stereocenters. The van der Waals surface area contributed by atoms with Crippen molar-refractivity contribution in [3.05, 3.63) is 108 Å². The zero-order valence-corrected chi connectivity index (χ0v) is 28.0. The molecule has 2 aromatic heterocycles. The summed E-state index contributed by atoms with van der Waals surface area (Å²) in [4.78, 5) is 31.7. The number of carbonyl (C=O) groups is 2. The predicted octanol–water partition coefficient (Wildman–Crippen LogP) is 7.02. The smallest absolute Gasteiger partial charge is 0.259 e. The van der Waals surface area contributed by atoms with Crippen molar-refractivity contribution in [1.29, 1.82) is 0 Å². The van der Waals surface area contributed by atoms with Crippen LogP contribution in [-0.2, 0) is 6.67 Å². The normalized spacial score (nSPS) is 13.8. The lowest BCUT2D eigenvalue weighted by Gasteiger charge is -2.32. The van der Waals surface area contributed by atoms with Gasteiger partial charge in [-0.15, -0.1) is 0 Å². The molecule has 0 saturated carbocycles. The largest absolute Gasteiger partial charge is 0.496 e. The molecule has 0 radical (unpaired) electrons. The van der Waals surface area contributed by atoms with E-state index in [4.69, 9.17) is 14.2 Å². The van der Waals surface area contributed by atoms with Gasteiger partial charge in [0.2, 0.25) is 0 Å². The van der Waals surface area contributed by atoms with E-state index < -0.39 is 0 Å². The van der Waals surface area contributed by atoms with Crippen molar-refractivity contribution >= 4 is 45.0 Å². The van der Waals surface area contributed by atoms with Crippen LogP contribution in [0, 0.1) is 5.82 Å². The first-order chi connectivity index (χ1) is 24.3. The number of likely N-dealkylation sites (tertiary alicyclic amines) is 1. The summed E-state index contributed by atoms with van der Waals surface area (Å²) in [5.74, 6) is 0.649. The van der Waals surface area contributed by atoms with E-state index in [2.05, 4.69) is 31.8 Å². The molecule has 1 saturated heterocycles. The average molecular weight is 677 g/mol. The van der Waals surface area contributed by atoms with E-state index in [-0.39, 0.29) is 17.6 Å². The summed E-state index contributed by atoms with van der Waals surface area (Å²) in [6, 6.07) is 20.3. The summed E-state index contributed by atoms with van der Waals surface area (Å²) < 4.78 is 31.4. The van der Waals surface area contributed by atoms with Gasteiger partial charge in [-0.2, -0.15) is 5.10 Å². The number of fused-ring (bicyclic) bond motifs is 2. The number of anilines is 2. The van der Waals surface area contributed by atoms with Crippen molar-refractivity contribution in [1.82, 2.24) is 19.7 Å². The SMILES string of the molecule is COc1cc(OC)c(C(=O)Nc2ccc3c(cnn3CN3CCC(c4c[nH]c5ccc(NC(=O)c6ccc(F)cc6)cc45)CC3)c2)cc1OC. The molecule has 1 aliphatic heterocycles. The third-order valence-electron chi connectivity index (χ3n) is 9.29. The van der Waals surface area contributed by atoms with Crippen LogP contribution < -0.4 is 24.8 Å². The van der Waals surface area contributed by atoms with E-state index >= 15 is 0 Å². The first-order valence-corrected chi connectivity index (χ1v) is 16.3. The number of ether oxygens (including phenoxy) is 3. The topological polar surface area (TPSA) is 123 Å². The predicted molar refractivity (Wildman–Crippen MR) is 190 cm³/mol. The summed E-state index contributed by atoms with van der Waals surface area (Å²) in [5, 5.41) is 12.6. The Morgan fingerprint density at radius 1 is 0.840 bits per heavy atom. The third-order valence-corrected chi connectivity index (χ3v) is 9.29. The first-order valence-electron chi connectivity index (χ1n) is 16.3. The standard InChI is InChI=1S/C38H37FN6O5/c1-48-34-19-36(50-3)35(49-2)18-30(34)38(47)43-27-9-11-33-25(16-27)20-41-45(33)22-44-14-12-23(13-15-44)31-21-40-32-10-8-28(17-29(31)32)42-37(46)24-4-6-26(39)7-5-24/h4-11,16-21,23,40H,12-15,22H2,1-3H3,(H,42,46)(H,43,47). The summed E-state index contributed by atoms with van der Waals surface area (Å²) in [5.41, 5.74) is 5.28. The minimum absolute atomic E-state index is 0.280. The molecule has 7 rings (SSSR count). The number of piperidine rings is 1. The number of aromatic nitrogens is 3. The molecule has 256 valence electrons. The minimum Gasteiger partial charge on any atom is -0.496 e. The van der Waals surface area contributed by atoms with Crippen molar-refractivity contribution < 1.29 is 28.2 Å². The number of carbonyl (C=O) groups excluding carboxylic acids is 2. The molecule has 1 aliphatic rings. The second kappa shape index (κ2) is 13.9. The van der Waals surface area contributed by atoms with E-state index in [1.165, 1.54) is 51.2 Å². The summed E-state index contributed by atoms with van der Waals surface area (Å²) in [6.45, 7) is 2.46. The zero-order chi connectivity index (χ0) is 34.8. The number of benzene rings is 4. The van der Waals surface area contributed by atoms with Crippen molar-refractivity contribution in [2.24, 2.45) is 0 Å². The molecule has 0 aliphatic carbocycles. The van der Waals surface area contributed by atoms with Crippen LogP contribution in [0.1, 0.15) is 45.0 Å². The highest BCUT2D eigenvalue weighted by atomic mass is 19.1. The third kappa shape index (κ3) is 6.57. The van der Waals surface area contributed by atoms with Crippen molar-refractivity contribution in [2.45, 2.75) is 25.4 Å². The number of hydrogen-bond acceptors (Lipinski definition) is 7. The number of nitrogens with one attached hydrogen (secondary N) is 3. The molecule has 4 aromatic carbocycles. The van der Waals surface area contributed by atoms with E-state index in [0.29, 0.717) is 52.3 Å². The van der Waals surface area contributed by atoms with Gasteiger partial charge in [0.1, 0.15) is 11.6 Å². The van der Waals surface area contributed by atoms with Crippen LogP contribution in [0.25, 0.3) is 21.8 Å². The highest BCUT2D eigenvalue weighted by molar-refractivity contribution is 6.07. The Hall–Kier alpha value is -5.88. The zero-order valence-electron chi connectivity index (χ0n) is 28.0. The van der Waals surface area contributed by atoms with Crippen LogP contribution >= 0.6 is 0 Å². The van der Waals surface area contributed by atoms with Gasteiger partial charge in [0, 0.05) is 64.6 Å². The molecular weight excluding hydrogens is 639 g/mol. The number of aromatic amines is 1. The summed E-state index contributed by atoms with van der Waals surface area (Å²) in [7, 11) is 4.54. The number of halogens is 1. The van der Waals surface area contributed by atoms with Gasteiger partial charge in [0.25, 0.3) is 11.8 Å². The van der Waals surface area contributed by atoms with E-state index in [9.17, 15) is 14.0 Å². The molecule has 12 heteroatoms. The fraction of sp³-hybridized carbons (Fsp3) is 0.237. The van der Waals surface area contributed by atoms with Crippen molar-refractivity contribution in [2.75, 3.05) is 45.1 Å². The molecular formula is C38H37FN6O5. The van der Waals surface area contributed by atoms with Crippen LogP contribution in [0.2, 0.25) is 0 Å². The van der Waals surface area contributed by atoms with Crippen LogP contribution in [0.15, 0.2) is 85.2 Å². The lowest BCUT2D eigenvalue weighted by atomic mass is 9.89. The maximum Gasteiger partial charge on any atom is 0.259 e. The number of nitrogens with zero attached hydrogens (tertiary/aromatic N) is 3. The Labute approximate surface area is 287 Å². The Balaban J connectivity index is 0.986. The number of H-pyrrole nitrogens is 1. The van der Waals surface area contributed by atoms with Gasteiger partial charge in [0.05, 0.1) is 45.3 Å². The Morgan fingerprint density at radius 3 is 2.26 bits per heavy atom. The van der Waals surface area contributed by atoms with Gasteiger partial charge < -0.3 is 29.8 Å². The maximum absolute atomic E-state index is 13.3. The lowest BCUT2D eigenvalue weighted by Crippen LogP contribution is -2.34. The molecule has 3 heterocycles. The Kier molecular flexibility index (Phi) is 9.09. The number of methoxy groups -OCH3 is 3.